The van der Waals surface area contributed by atoms with Crippen molar-refractivity contribution >= 4 is 21.8 Å². The van der Waals surface area contributed by atoms with E-state index in [1.165, 1.54) is 0 Å². The standard InChI is InChI=1S/C14H15BrN2O2/c1-9(12-6-3-7-19-12)17-13(14(16)18)10-4-2-5-11(15)8-10/h2-9,13,17H,1H3,(H2,16,18)/t9-,13-/m1/s1. The number of carbonyl (C=O) groups excluding carboxylic acids is 1. The molecule has 0 fully saturated rings. The van der Waals surface area contributed by atoms with Crippen LogP contribution < -0.4 is 11.1 Å². The summed E-state index contributed by atoms with van der Waals surface area (Å²) < 4.78 is 6.22. The summed E-state index contributed by atoms with van der Waals surface area (Å²) in [4.78, 5) is 11.6. The van der Waals surface area contributed by atoms with E-state index in [1.54, 1.807) is 6.26 Å². The highest BCUT2D eigenvalue weighted by molar-refractivity contribution is 9.10. The molecule has 0 bridgehead atoms. The van der Waals surface area contributed by atoms with E-state index in [9.17, 15) is 4.79 Å². The lowest BCUT2D eigenvalue weighted by molar-refractivity contribution is -0.120. The van der Waals surface area contributed by atoms with Crippen LogP contribution in [0.2, 0.25) is 0 Å². The van der Waals surface area contributed by atoms with Crippen LogP contribution in [0.25, 0.3) is 0 Å². The third-order valence-electron chi connectivity index (χ3n) is 2.85. The first kappa shape index (κ1) is 13.8. The van der Waals surface area contributed by atoms with Gasteiger partial charge in [0.05, 0.1) is 12.3 Å². The molecule has 0 radical (unpaired) electrons. The molecule has 2 atom stereocenters. The zero-order chi connectivity index (χ0) is 13.8. The summed E-state index contributed by atoms with van der Waals surface area (Å²) in [5, 5.41) is 3.17. The van der Waals surface area contributed by atoms with Gasteiger partial charge in [0.2, 0.25) is 5.91 Å². The van der Waals surface area contributed by atoms with Gasteiger partial charge in [-0.2, -0.15) is 0 Å². The highest BCUT2D eigenvalue weighted by atomic mass is 79.9. The van der Waals surface area contributed by atoms with Crippen molar-refractivity contribution in [2.24, 2.45) is 5.73 Å². The van der Waals surface area contributed by atoms with Gasteiger partial charge in [0.15, 0.2) is 0 Å². The molecule has 2 aromatic rings. The normalized spacial score (nSPS) is 14.0. The Kier molecular flexibility index (Phi) is 4.39. The lowest BCUT2D eigenvalue weighted by Crippen LogP contribution is -2.35. The van der Waals surface area contributed by atoms with Gasteiger partial charge in [-0.25, -0.2) is 0 Å². The molecule has 1 aromatic heterocycles. The molecule has 2 rings (SSSR count). The number of amides is 1. The molecule has 3 N–H and O–H groups in total. The lowest BCUT2D eigenvalue weighted by atomic mass is 10.1. The zero-order valence-electron chi connectivity index (χ0n) is 10.5. The minimum absolute atomic E-state index is 0.105. The van der Waals surface area contributed by atoms with Crippen LogP contribution in [0.3, 0.4) is 0 Å². The molecule has 1 aromatic carbocycles. The first-order valence-electron chi connectivity index (χ1n) is 5.92. The number of primary amides is 1. The molecule has 0 aliphatic carbocycles. The van der Waals surface area contributed by atoms with Crippen molar-refractivity contribution in [2.45, 2.75) is 19.0 Å². The zero-order valence-corrected chi connectivity index (χ0v) is 12.1. The molecule has 19 heavy (non-hydrogen) atoms. The number of hydrogen-bond acceptors (Lipinski definition) is 3. The van der Waals surface area contributed by atoms with Gasteiger partial charge in [0.25, 0.3) is 0 Å². The molecular formula is C14H15BrN2O2. The second kappa shape index (κ2) is 6.04. The van der Waals surface area contributed by atoms with Crippen LogP contribution in [0.1, 0.15) is 30.3 Å². The molecule has 0 spiro atoms. The molecular weight excluding hydrogens is 308 g/mol. The lowest BCUT2D eigenvalue weighted by Gasteiger charge is -2.20. The first-order valence-corrected chi connectivity index (χ1v) is 6.71. The molecule has 100 valence electrons. The molecule has 0 aliphatic rings. The SMILES string of the molecule is C[C@@H](N[C@@H](C(N)=O)c1cccc(Br)c1)c1ccco1. The number of nitrogens with one attached hydrogen (secondary N) is 1. The third kappa shape index (κ3) is 3.45. The molecule has 0 aliphatic heterocycles. The van der Waals surface area contributed by atoms with Gasteiger partial charge in [-0.15, -0.1) is 0 Å². The second-order valence-electron chi connectivity index (χ2n) is 4.29. The highest BCUT2D eigenvalue weighted by Crippen LogP contribution is 2.22. The van der Waals surface area contributed by atoms with Crippen LogP contribution in [0.15, 0.2) is 51.6 Å². The monoisotopic (exact) mass is 322 g/mol. The van der Waals surface area contributed by atoms with Crippen LogP contribution >= 0.6 is 15.9 Å². The number of hydrogen-bond donors (Lipinski definition) is 2. The fourth-order valence-corrected chi connectivity index (χ4v) is 2.32. The Labute approximate surface area is 120 Å². The maximum absolute atomic E-state index is 11.6. The number of rotatable bonds is 5. The average Bonchev–Trinajstić information content (AvgIpc) is 2.89. The number of furan rings is 1. The first-order chi connectivity index (χ1) is 9.08. The van der Waals surface area contributed by atoms with Crippen molar-refractivity contribution in [1.82, 2.24) is 5.32 Å². The maximum atomic E-state index is 11.6. The Bertz CT molecular complexity index is 554. The molecule has 0 unspecified atom stereocenters. The van der Waals surface area contributed by atoms with Crippen molar-refractivity contribution in [3.05, 3.63) is 58.5 Å². The number of carbonyl (C=O) groups is 1. The van der Waals surface area contributed by atoms with Gasteiger partial charge in [-0.3, -0.25) is 10.1 Å². The van der Waals surface area contributed by atoms with E-state index in [2.05, 4.69) is 21.2 Å². The fraction of sp³-hybridized carbons (Fsp3) is 0.214. The maximum Gasteiger partial charge on any atom is 0.239 e. The van der Waals surface area contributed by atoms with Gasteiger partial charge < -0.3 is 10.2 Å². The quantitative estimate of drug-likeness (QED) is 0.889. The van der Waals surface area contributed by atoms with Crippen LogP contribution in [0, 0.1) is 0 Å². The number of benzene rings is 1. The van der Waals surface area contributed by atoms with Crippen molar-refractivity contribution in [2.75, 3.05) is 0 Å². The molecule has 5 heteroatoms. The predicted octanol–water partition coefficient (Wildman–Crippen LogP) is 2.92. The summed E-state index contributed by atoms with van der Waals surface area (Å²) in [5.74, 6) is 0.345. The largest absolute Gasteiger partial charge is 0.468 e. The van der Waals surface area contributed by atoms with Gasteiger partial charge in [0, 0.05) is 4.47 Å². The van der Waals surface area contributed by atoms with E-state index in [0.29, 0.717) is 0 Å². The summed E-state index contributed by atoms with van der Waals surface area (Å²) in [6, 6.07) is 10.5. The second-order valence-corrected chi connectivity index (χ2v) is 5.21. The molecule has 0 saturated carbocycles. The van der Waals surface area contributed by atoms with Crippen molar-refractivity contribution in [3.63, 3.8) is 0 Å². The Morgan fingerprint density at radius 3 is 2.74 bits per heavy atom. The smallest absolute Gasteiger partial charge is 0.239 e. The van der Waals surface area contributed by atoms with Crippen molar-refractivity contribution in [1.29, 1.82) is 0 Å². The van der Waals surface area contributed by atoms with Crippen LogP contribution in [-0.4, -0.2) is 5.91 Å². The molecule has 1 heterocycles. The summed E-state index contributed by atoms with van der Waals surface area (Å²) in [7, 11) is 0. The average molecular weight is 323 g/mol. The Hall–Kier alpha value is -1.59. The topological polar surface area (TPSA) is 68.3 Å². The van der Waals surface area contributed by atoms with E-state index in [-0.39, 0.29) is 6.04 Å². The van der Waals surface area contributed by atoms with Crippen LogP contribution in [-0.2, 0) is 4.79 Å². The fourth-order valence-electron chi connectivity index (χ4n) is 1.90. The Balaban J connectivity index is 2.19. The predicted molar refractivity (Wildman–Crippen MR) is 76.3 cm³/mol. The van der Waals surface area contributed by atoms with E-state index in [0.717, 1.165) is 15.8 Å². The van der Waals surface area contributed by atoms with E-state index >= 15 is 0 Å². The summed E-state index contributed by atoms with van der Waals surface area (Å²) in [6.07, 6.45) is 1.60. The third-order valence-corrected chi connectivity index (χ3v) is 3.35. The van der Waals surface area contributed by atoms with E-state index in [1.807, 2.05) is 43.3 Å². The Morgan fingerprint density at radius 1 is 1.37 bits per heavy atom. The van der Waals surface area contributed by atoms with E-state index in [4.69, 9.17) is 10.2 Å². The molecule has 1 amide bonds. The van der Waals surface area contributed by atoms with E-state index < -0.39 is 11.9 Å². The number of halogens is 1. The minimum Gasteiger partial charge on any atom is -0.468 e. The van der Waals surface area contributed by atoms with Crippen molar-refractivity contribution in [3.8, 4) is 0 Å². The molecule has 0 saturated heterocycles. The van der Waals surface area contributed by atoms with Crippen LogP contribution in [0.4, 0.5) is 0 Å². The van der Waals surface area contributed by atoms with Gasteiger partial charge in [0.1, 0.15) is 11.8 Å². The summed E-state index contributed by atoms with van der Waals surface area (Å²) in [6.45, 7) is 1.92. The van der Waals surface area contributed by atoms with Gasteiger partial charge >= 0.3 is 0 Å². The Morgan fingerprint density at radius 2 is 2.16 bits per heavy atom. The number of nitrogens with two attached hydrogens (primary N) is 1. The minimum atomic E-state index is -0.558. The van der Waals surface area contributed by atoms with Crippen LogP contribution in [0.5, 0.6) is 0 Å². The highest BCUT2D eigenvalue weighted by Gasteiger charge is 2.21. The van der Waals surface area contributed by atoms with Gasteiger partial charge in [-0.1, -0.05) is 28.1 Å². The summed E-state index contributed by atoms with van der Waals surface area (Å²) in [5.41, 5.74) is 6.29. The van der Waals surface area contributed by atoms with Crippen molar-refractivity contribution < 1.29 is 9.21 Å². The van der Waals surface area contributed by atoms with Gasteiger partial charge in [-0.05, 0) is 36.8 Å². The molecule has 4 nitrogen and oxygen atoms in total. The summed E-state index contributed by atoms with van der Waals surface area (Å²) >= 11 is 3.39.